The lowest BCUT2D eigenvalue weighted by molar-refractivity contribution is 0.0874. The summed E-state index contributed by atoms with van der Waals surface area (Å²) >= 11 is 0. The van der Waals surface area contributed by atoms with Crippen molar-refractivity contribution >= 4 is 16.8 Å². The van der Waals surface area contributed by atoms with Crippen molar-refractivity contribution in [1.29, 1.82) is 0 Å². The molecule has 0 saturated heterocycles. The fourth-order valence-electron chi connectivity index (χ4n) is 3.73. The largest absolute Gasteiger partial charge is 0.446 e. The van der Waals surface area contributed by atoms with Crippen molar-refractivity contribution in [2.45, 2.75) is 53.0 Å². The van der Waals surface area contributed by atoms with E-state index in [0.717, 1.165) is 12.2 Å². The monoisotopic (exact) mass is 383 g/mol. The number of halogens is 1. The van der Waals surface area contributed by atoms with Gasteiger partial charge in [0.2, 0.25) is 0 Å². The van der Waals surface area contributed by atoms with Crippen LogP contribution in [0.25, 0.3) is 10.9 Å². The number of aromatic nitrogens is 2. The Morgan fingerprint density at radius 1 is 1.18 bits per heavy atom. The molecule has 0 radical (unpaired) electrons. The van der Waals surface area contributed by atoms with Crippen LogP contribution >= 0.6 is 0 Å². The van der Waals surface area contributed by atoms with E-state index in [1.54, 1.807) is 24.4 Å². The van der Waals surface area contributed by atoms with Crippen LogP contribution in [0.5, 0.6) is 0 Å². The van der Waals surface area contributed by atoms with Crippen molar-refractivity contribution in [2.75, 3.05) is 0 Å². The van der Waals surface area contributed by atoms with E-state index in [9.17, 15) is 9.18 Å². The third kappa shape index (κ3) is 4.74. The molecule has 1 aromatic carbocycles. The lowest BCUT2D eigenvalue weighted by Crippen LogP contribution is -2.50. The predicted octanol–water partition coefficient (Wildman–Crippen LogP) is 4.84. The highest BCUT2D eigenvalue weighted by Gasteiger charge is 2.34. The van der Waals surface area contributed by atoms with Gasteiger partial charge in [-0.1, -0.05) is 32.9 Å². The minimum atomic E-state index is -0.566. The number of nitrogens with one attached hydrogen (secondary N) is 1. The Bertz CT molecular complexity index is 1010. The number of aryl methyl sites for hydroxylation is 1. The summed E-state index contributed by atoms with van der Waals surface area (Å²) in [6.45, 7) is 10.2. The number of benzene rings is 1. The van der Waals surface area contributed by atoms with Gasteiger partial charge in [-0.25, -0.2) is 9.37 Å². The van der Waals surface area contributed by atoms with Crippen molar-refractivity contribution in [1.82, 2.24) is 15.3 Å². The minimum Gasteiger partial charge on any atom is -0.446 e. The fraction of sp³-hybridized carbons (Fsp3) is 0.409. The smallest absolute Gasteiger partial charge is 0.253 e. The van der Waals surface area contributed by atoms with Gasteiger partial charge >= 0.3 is 0 Å². The Balaban J connectivity index is 1.88. The number of nitrogens with zero attached hydrogens (tertiary/aromatic N) is 2. The first kappa shape index (κ1) is 20.0. The molecule has 3 rings (SSSR count). The molecule has 148 valence electrons. The fourth-order valence-corrected chi connectivity index (χ4v) is 3.73. The lowest BCUT2D eigenvalue weighted by atomic mass is 9.78. The highest BCUT2D eigenvalue weighted by molar-refractivity contribution is 5.97. The van der Waals surface area contributed by atoms with Gasteiger partial charge in [0, 0.05) is 23.5 Å². The van der Waals surface area contributed by atoms with Crippen LogP contribution in [0.15, 0.2) is 41.1 Å². The van der Waals surface area contributed by atoms with Gasteiger partial charge in [0.25, 0.3) is 5.91 Å². The molecule has 2 heterocycles. The van der Waals surface area contributed by atoms with Crippen LogP contribution in [0.2, 0.25) is 0 Å². The number of amides is 1. The average Bonchev–Trinajstić information content (AvgIpc) is 2.97. The number of hydrogen-bond acceptors (Lipinski definition) is 4. The van der Waals surface area contributed by atoms with Gasteiger partial charge in [-0.2, -0.15) is 0 Å². The molecule has 0 bridgehead atoms. The highest BCUT2D eigenvalue weighted by atomic mass is 19.1. The molecule has 0 saturated carbocycles. The normalized spacial score (nSPS) is 14.1. The van der Waals surface area contributed by atoms with E-state index in [0.29, 0.717) is 23.3 Å². The molecule has 28 heavy (non-hydrogen) atoms. The van der Waals surface area contributed by atoms with Crippen molar-refractivity contribution in [2.24, 2.45) is 5.41 Å². The van der Waals surface area contributed by atoms with E-state index < -0.39 is 11.4 Å². The molecule has 0 aliphatic carbocycles. The van der Waals surface area contributed by atoms with Crippen molar-refractivity contribution < 1.29 is 13.6 Å². The molecule has 0 spiro atoms. The van der Waals surface area contributed by atoms with E-state index in [2.05, 4.69) is 36.1 Å². The zero-order valence-corrected chi connectivity index (χ0v) is 17.0. The highest BCUT2D eigenvalue weighted by Crippen LogP contribution is 2.30. The summed E-state index contributed by atoms with van der Waals surface area (Å²) in [7, 11) is 0. The Morgan fingerprint density at radius 2 is 1.93 bits per heavy atom. The Kier molecular flexibility index (Phi) is 5.24. The van der Waals surface area contributed by atoms with Gasteiger partial charge < -0.3 is 9.73 Å². The van der Waals surface area contributed by atoms with Gasteiger partial charge in [-0.3, -0.25) is 9.78 Å². The van der Waals surface area contributed by atoms with Gasteiger partial charge in [-0.05, 0) is 37.8 Å². The summed E-state index contributed by atoms with van der Waals surface area (Å²) in [4.78, 5) is 21.4. The topological polar surface area (TPSA) is 68.0 Å². The number of oxazole rings is 1. The minimum absolute atomic E-state index is 0.0194. The molecule has 0 aliphatic rings. The molecule has 0 fully saturated rings. The number of carbonyl (C=O) groups is 1. The third-order valence-electron chi connectivity index (χ3n) is 4.47. The molecule has 3 aromatic rings. The molecule has 5 nitrogen and oxygen atoms in total. The molecule has 1 amide bonds. The molecular weight excluding hydrogens is 357 g/mol. The third-order valence-corrected chi connectivity index (χ3v) is 4.47. The average molecular weight is 383 g/mol. The maximum Gasteiger partial charge on any atom is 0.253 e. The van der Waals surface area contributed by atoms with E-state index in [-0.39, 0.29) is 16.8 Å². The number of hydrogen-bond donors (Lipinski definition) is 1. The van der Waals surface area contributed by atoms with E-state index in [1.165, 1.54) is 12.3 Å². The number of para-hydroxylation sites is 1. The van der Waals surface area contributed by atoms with E-state index in [4.69, 9.17) is 4.42 Å². The second kappa shape index (κ2) is 7.34. The maximum absolute atomic E-state index is 13.8. The van der Waals surface area contributed by atoms with Crippen molar-refractivity contribution in [3.63, 3.8) is 0 Å². The zero-order valence-electron chi connectivity index (χ0n) is 17.0. The molecular formula is C22H26FN3O2. The van der Waals surface area contributed by atoms with Gasteiger partial charge in [0.1, 0.15) is 17.1 Å². The Hall–Kier alpha value is -2.76. The second-order valence-electron chi connectivity index (χ2n) is 8.83. The summed E-state index contributed by atoms with van der Waals surface area (Å²) in [5.74, 6) is 0.665. The predicted molar refractivity (Wildman–Crippen MR) is 107 cm³/mol. The summed E-state index contributed by atoms with van der Waals surface area (Å²) < 4.78 is 19.5. The van der Waals surface area contributed by atoms with Crippen LogP contribution in [-0.2, 0) is 6.42 Å². The molecule has 1 N–H and O–H groups in total. The first-order valence-electron chi connectivity index (χ1n) is 9.33. The molecule has 2 aromatic heterocycles. The van der Waals surface area contributed by atoms with Gasteiger partial charge in [-0.15, -0.1) is 0 Å². The maximum atomic E-state index is 13.8. The quantitative estimate of drug-likeness (QED) is 0.685. The van der Waals surface area contributed by atoms with Crippen LogP contribution in [-0.4, -0.2) is 21.4 Å². The number of fused-ring (bicyclic) bond motifs is 1. The number of carbonyl (C=O) groups excluding carboxylic acids is 1. The molecule has 6 heteroatoms. The van der Waals surface area contributed by atoms with Gasteiger partial charge in [0.15, 0.2) is 5.89 Å². The lowest BCUT2D eigenvalue weighted by Gasteiger charge is -2.36. The molecule has 1 unspecified atom stereocenters. The zero-order chi connectivity index (χ0) is 20.5. The summed E-state index contributed by atoms with van der Waals surface area (Å²) in [5.41, 5.74) is 0.0615. The summed E-state index contributed by atoms with van der Waals surface area (Å²) in [6, 6.07) is 6.36. The first-order valence-corrected chi connectivity index (χ1v) is 9.33. The van der Waals surface area contributed by atoms with Gasteiger partial charge in [0.05, 0.1) is 11.8 Å². The van der Waals surface area contributed by atoms with Crippen LogP contribution in [0, 0.1) is 18.2 Å². The number of pyridine rings is 1. The van der Waals surface area contributed by atoms with Crippen molar-refractivity contribution in [3.8, 4) is 0 Å². The summed E-state index contributed by atoms with van der Waals surface area (Å²) in [6.07, 6.45) is 4.28. The Labute approximate surface area is 164 Å². The Morgan fingerprint density at radius 3 is 2.57 bits per heavy atom. The SMILES string of the molecule is Cc1cnc(CC(C)(CC(C)(C)C)NC(=O)c2cnc3c(F)cccc3c2)o1. The van der Waals surface area contributed by atoms with Crippen molar-refractivity contribution in [3.05, 3.63) is 59.7 Å². The van der Waals surface area contributed by atoms with Crippen LogP contribution in [0.4, 0.5) is 4.39 Å². The first-order chi connectivity index (χ1) is 13.0. The molecule has 1 atom stereocenters. The van der Waals surface area contributed by atoms with E-state index >= 15 is 0 Å². The molecule has 0 aliphatic heterocycles. The standard InChI is InChI=1S/C22H26FN3O2/c1-14-11-24-18(28-14)10-22(5,13-21(2,3)4)26-20(27)16-9-15-7-6-8-17(23)19(15)25-12-16/h6-9,11-12H,10,13H2,1-5H3,(H,26,27). The summed E-state index contributed by atoms with van der Waals surface area (Å²) in [5, 5.41) is 3.72. The van der Waals surface area contributed by atoms with Crippen LogP contribution < -0.4 is 5.32 Å². The van der Waals surface area contributed by atoms with E-state index in [1.807, 2.05) is 13.8 Å². The van der Waals surface area contributed by atoms with Crippen LogP contribution in [0.1, 0.15) is 56.1 Å². The number of rotatable bonds is 5. The van der Waals surface area contributed by atoms with Crippen LogP contribution in [0.3, 0.4) is 0 Å². The second-order valence-corrected chi connectivity index (χ2v) is 8.83.